The van der Waals surface area contributed by atoms with Crippen molar-refractivity contribution >= 4 is 61.6 Å². The summed E-state index contributed by atoms with van der Waals surface area (Å²) in [4.78, 5) is 28.2. The zero-order valence-electron chi connectivity index (χ0n) is 21.9. The Labute approximate surface area is 248 Å². The molecule has 0 bridgehead atoms. The van der Waals surface area contributed by atoms with Crippen molar-refractivity contribution in [3.63, 3.8) is 0 Å². The van der Waals surface area contributed by atoms with Gasteiger partial charge in [0.05, 0.1) is 11.6 Å². The first-order valence-corrected chi connectivity index (χ1v) is 15.0. The minimum absolute atomic E-state index is 0.0217. The molecule has 1 aromatic heterocycles. The Bertz CT molecular complexity index is 1610. The van der Waals surface area contributed by atoms with Gasteiger partial charge in [-0.3, -0.25) is 14.5 Å². The zero-order valence-corrected chi connectivity index (χ0v) is 25.1. The van der Waals surface area contributed by atoms with Gasteiger partial charge in [0.2, 0.25) is 5.13 Å². The molecule has 10 heteroatoms. The maximum atomic E-state index is 14.1. The SMILES string of the molecule is CC(C)(C)c1ccc(C2/C(=C(/O)c3ccc(Br)cc3)C(=O)C(=O)N2c2nnc(SCc3ccccc3F)s2)cc1. The van der Waals surface area contributed by atoms with Gasteiger partial charge >= 0.3 is 5.91 Å². The number of Topliss-reactive ketones (excluding diaryl/α,β-unsaturated/α-hetero) is 1. The van der Waals surface area contributed by atoms with Gasteiger partial charge in [-0.2, -0.15) is 0 Å². The number of hydrogen-bond donors (Lipinski definition) is 1. The summed E-state index contributed by atoms with van der Waals surface area (Å²) in [5, 5.41) is 20.0. The Hall–Kier alpha value is -3.34. The zero-order chi connectivity index (χ0) is 28.6. The second-order valence-electron chi connectivity index (χ2n) is 10.3. The molecule has 1 atom stereocenters. The van der Waals surface area contributed by atoms with Crippen LogP contribution in [0.5, 0.6) is 0 Å². The van der Waals surface area contributed by atoms with E-state index >= 15 is 0 Å². The summed E-state index contributed by atoms with van der Waals surface area (Å²) in [6.07, 6.45) is 0. The molecule has 0 aliphatic carbocycles. The Morgan fingerprint density at radius 2 is 1.70 bits per heavy atom. The number of thioether (sulfide) groups is 1. The molecular formula is C30H25BrFN3O3S2. The molecule has 3 aromatic carbocycles. The minimum Gasteiger partial charge on any atom is -0.507 e. The first kappa shape index (κ1) is 28.2. The van der Waals surface area contributed by atoms with Crippen LogP contribution in [0.25, 0.3) is 5.76 Å². The second kappa shape index (κ2) is 11.3. The van der Waals surface area contributed by atoms with Crippen LogP contribution in [0.4, 0.5) is 9.52 Å². The maximum absolute atomic E-state index is 14.1. The summed E-state index contributed by atoms with van der Waals surface area (Å²) in [5.74, 6) is -1.85. The van der Waals surface area contributed by atoms with E-state index in [1.54, 1.807) is 42.5 Å². The minimum atomic E-state index is -0.907. The molecule has 1 aliphatic rings. The van der Waals surface area contributed by atoms with Crippen molar-refractivity contribution in [1.82, 2.24) is 10.2 Å². The Morgan fingerprint density at radius 1 is 1.02 bits per heavy atom. The predicted molar refractivity (Wildman–Crippen MR) is 160 cm³/mol. The highest BCUT2D eigenvalue weighted by atomic mass is 79.9. The predicted octanol–water partition coefficient (Wildman–Crippen LogP) is 7.66. The largest absolute Gasteiger partial charge is 0.507 e. The summed E-state index contributed by atoms with van der Waals surface area (Å²) in [5.41, 5.74) is 2.56. The monoisotopic (exact) mass is 637 g/mol. The molecule has 1 N–H and O–H groups in total. The van der Waals surface area contributed by atoms with Crippen LogP contribution >= 0.6 is 39.0 Å². The molecular weight excluding hydrogens is 613 g/mol. The summed E-state index contributed by atoms with van der Waals surface area (Å²) in [6.45, 7) is 6.30. The fourth-order valence-corrected chi connectivity index (χ4v) is 6.51. The van der Waals surface area contributed by atoms with Crippen molar-refractivity contribution in [2.75, 3.05) is 4.90 Å². The number of hydrogen-bond acceptors (Lipinski definition) is 7. The standard InChI is InChI=1S/C30H25BrFN3O3S2/c1-30(2,3)20-12-8-17(9-13-20)24-23(25(36)18-10-14-21(31)15-11-18)26(37)27(38)35(24)28-33-34-29(40-28)39-16-19-6-4-5-7-22(19)32/h4-15,24,36H,16H2,1-3H3/b25-23-. The van der Waals surface area contributed by atoms with Gasteiger partial charge in [0.1, 0.15) is 11.6 Å². The average Bonchev–Trinajstić information content (AvgIpc) is 3.50. The number of carbonyl (C=O) groups excluding carboxylic acids is 2. The highest BCUT2D eigenvalue weighted by molar-refractivity contribution is 9.10. The number of nitrogens with zero attached hydrogens (tertiary/aromatic N) is 3. The van der Waals surface area contributed by atoms with Gasteiger partial charge in [-0.15, -0.1) is 10.2 Å². The van der Waals surface area contributed by atoms with Crippen molar-refractivity contribution in [3.8, 4) is 0 Å². The molecule has 1 saturated heterocycles. The normalized spacial score (nSPS) is 17.0. The topological polar surface area (TPSA) is 83.4 Å². The van der Waals surface area contributed by atoms with E-state index in [1.807, 2.05) is 24.3 Å². The van der Waals surface area contributed by atoms with Gasteiger partial charge < -0.3 is 5.11 Å². The number of benzene rings is 3. The third-order valence-corrected chi connectivity index (χ3v) is 9.20. The van der Waals surface area contributed by atoms with Crippen molar-refractivity contribution < 1.29 is 19.1 Å². The molecule has 4 aromatic rings. The lowest BCUT2D eigenvalue weighted by atomic mass is 9.85. The maximum Gasteiger partial charge on any atom is 0.301 e. The van der Waals surface area contributed by atoms with Crippen LogP contribution in [0.15, 0.2) is 87.2 Å². The molecule has 5 rings (SSSR count). The second-order valence-corrected chi connectivity index (χ2v) is 13.4. The molecule has 0 saturated carbocycles. The van der Waals surface area contributed by atoms with Crippen molar-refractivity contribution in [1.29, 1.82) is 0 Å². The Kier molecular flexibility index (Phi) is 7.94. The van der Waals surface area contributed by atoms with E-state index in [-0.39, 0.29) is 27.7 Å². The molecule has 2 heterocycles. The van der Waals surface area contributed by atoms with E-state index in [1.165, 1.54) is 22.7 Å². The van der Waals surface area contributed by atoms with E-state index in [0.29, 0.717) is 26.8 Å². The Balaban J connectivity index is 1.56. The molecule has 6 nitrogen and oxygen atoms in total. The third kappa shape index (κ3) is 5.61. The lowest BCUT2D eigenvalue weighted by molar-refractivity contribution is -0.132. The molecule has 1 aliphatic heterocycles. The molecule has 1 unspecified atom stereocenters. The number of aliphatic hydroxyl groups excluding tert-OH is 1. The number of aliphatic hydroxyl groups is 1. The van der Waals surface area contributed by atoms with Crippen LogP contribution in [0.2, 0.25) is 0 Å². The van der Waals surface area contributed by atoms with Crippen molar-refractivity contribution in [3.05, 3.63) is 111 Å². The number of halogens is 2. The first-order valence-electron chi connectivity index (χ1n) is 12.4. The first-order chi connectivity index (χ1) is 19.0. The lowest BCUT2D eigenvalue weighted by Crippen LogP contribution is -2.29. The van der Waals surface area contributed by atoms with Crippen LogP contribution in [0, 0.1) is 5.82 Å². The van der Waals surface area contributed by atoms with Crippen LogP contribution in [-0.2, 0) is 20.8 Å². The van der Waals surface area contributed by atoms with Crippen LogP contribution in [-0.4, -0.2) is 27.0 Å². The van der Waals surface area contributed by atoms with Crippen molar-refractivity contribution in [2.45, 2.75) is 42.3 Å². The van der Waals surface area contributed by atoms with Crippen molar-refractivity contribution in [2.24, 2.45) is 0 Å². The summed E-state index contributed by atoms with van der Waals surface area (Å²) < 4.78 is 15.4. The number of ketones is 1. The van der Waals surface area contributed by atoms with Gasteiger partial charge in [0.15, 0.2) is 4.34 Å². The van der Waals surface area contributed by atoms with E-state index in [4.69, 9.17) is 0 Å². The van der Waals surface area contributed by atoms with E-state index < -0.39 is 17.7 Å². The fourth-order valence-electron chi connectivity index (χ4n) is 4.39. The van der Waals surface area contributed by atoms with E-state index in [0.717, 1.165) is 21.4 Å². The third-order valence-electron chi connectivity index (χ3n) is 6.57. The summed E-state index contributed by atoms with van der Waals surface area (Å²) in [7, 11) is 0. The van der Waals surface area contributed by atoms with Crippen LogP contribution in [0.1, 0.15) is 49.1 Å². The van der Waals surface area contributed by atoms with E-state index in [9.17, 15) is 19.1 Å². The fraction of sp³-hybridized carbons (Fsp3) is 0.200. The lowest BCUT2D eigenvalue weighted by Gasteiger charge is -2.24. The quantitative estimate of drug-likeness (QED) is 0.0768. The van der Waals surface area contributed by atoms with Gasteiger partial charge in [-0.25, -0.2) is 4.39 Å². The van der Waals surface area contributed by atoms with E-state index in [2.05, 4.69) is 46.9 Å². The number of aromatic nitrogens is 2. The smallest absolute Gasteiger partial charge is 0.301 e. The average molecular weight is 639 g/mol. The number of carbonyl (C=O) groups is 2. The molecule has 204 valence electrons. The summed E-state index contributed by atoms with van der Waals surface area (Å²) in [6, 6.07) is 20.1. The van der Waals surface area contributed by atoms with Gasteiger partial charge in [0.25, 0.3) is 5.78 Å². The number of amides is 1. The highest BCUT2D eigenvalue weighted by Gasteiger charge is 2.48. The number of anilines is 1. The molecule has 0 spiro atoms. The molecule has 1 fully saturated rings. The molecule has 0 radical (unpaired) electrons. The highest BCUT2D eigenvalue weighted by Crippen LogP contribution is 2.44. The molecule has 1 amide bonds. The van der Waals surface area contributed by atoms with Gasteiger partial charge in [-0.1, -0.05) is 114 Å². The summed E-state index contributed by atoms with van der Waals surface area (Å²) >= 11 is 5.81. The van der Waals surface area contributed by atoms with Crippen LogP contribution < -0.4 is 4.90 Å². The Morgan fingerprint density at radius 3 is 2.35 bits per heavy atom. The molecule has 40 heavy (non-hydrogen) atoms. The number of rotatable bonds is 6. The van der Waals surface area contributed by atoms with Gasteiger partial charge in [-0.05, 0) is 40.3 Å². The van der Waals surface area contributed by atoms with Gasteiger partial charge in [0, 0.05) is 15.8 Å². The van der Waals surface area contributed by atoms with Crippen LogP contribution in [0.3, 0.4) is 0 Å².